The van der Waals surface area contributed by atoms with E-state index < -0.39 is 5.60 Å². The van der Waals surface area contributed by atoms with Gasteiger partial charge in [0.05, 0.1) is 6.04 Å². The molecule has 0 spiro atoms. The zero-order valence-corrected chi connectivity index (χ0v) is 18.1. The summed E-state index contributed by atoms with van der Waals surface area (Å²) in [6.07, 6.45) is 1.14. The quantitative estimate of drug-likeness (QED) is 0.676. The van der Waals surface area contributed by atoms with Crippen LogP contribution in [0.25, 0.3) is 0 Å². The van der Waals surface area contributed by atoms with Crippen LogP contribution in [0, 0.1) is 5.82 Å². The van der Waals surface area contributed by atoms with Gasteiger partial charge >= 0.3 is 6.09 Å². The number of rotatable bonds is 4. The Balaban J connectivity index is 1.48. The van der Waals surface area contributed by atoms with Crippen molar-refractivity contribution in [1.29, 1.82) is 0 Å². The highest BCUT2D eigenvalue weighted by molar-refractivity contribution is 5.68. The summed E-state index contributed by atoms with van der Waals surface area (Å²) >= 11 is 0. The van der Waals surface area contributed by atoms with E-state index in [1.165, 1.54) is 12.1 Å². The van der Waals surface area contributed by atoms with Gasteiger partial charge in [-0.25, -0.2) is 9.18 Å². The fraction of sp³-hybridized carbons (Fsp3) is 0.458. The number of fused-ring (bicyclic) bond motifs is 1. The predicted molar refractivity (Wildman–Crippen MR) is 113 cm³/mol. The molecule has 0 saturated carbocycles. The number of hydrogen-bond acceptors (Lipinski definition) is 5. The Kier molecular flexibility index (Phi) is 5.94. The van der Waals surface area contributed by atoms with E-state index >= 15 is 0 Å². The molecule has 166 valence electrons. The minimum absolute atomic E-state index is 0.177. The van der Waals surface area contributed by atoms with E-state index in [9.17, 15) is 9.18 Å². The van der Waals surface area contributed by atoms with Crippen LogP contribution in [-0.4, -0.2) is 42.6 Å². The van der Waals surface area contributed by atoms with E-state index in [0.29, 0.717) is 36.8 Å². The Morgan fingerprint density at radius 1 is 1.13 bits per heavy atom. The van der Waals surface area contributed by atoms with Gasteiger partial charge in [-0.05, 0) is 69.4 Å². The number of likely N-dealkylation sites (tertiary alicyclic amines) is 1. The van der Waals surface area contributed by atoms with Crippen molar-refractivity contribution in [2.24, 2.45) is 0 Å². The molecule has 2 aromatic rings. The van der Waals surface area contributed by atoms with Crippen LogP contribution in [0.1, 0.15) is 45.1 Å². The van der Waals surface area contributed by atoms with Crippen LogP contribution in [0.4, 0.5) is 9.18 Å². The minimum atomic E-state index is -0.576. The second kappa shape index (κ2) is 8.65. The van der Waals surface area contributed by atoms with Crippen LogP contribution < -0.4 is 14.2 Å². The van der Waals surface area contributed by atoms with Gasteiger partial charge in [0.15, 0.2) is 11.5 Å². The molecule has 0 aromatic heterocycles. The molecule has 2 atom stereocenters. The van der Waals surface area contributed by atoms with Crippen LogP contribution in [-0.2, 0) is 4.74 Å². The van der Waals surface area contributed by atoms with Crippen molar-refractivity contribution in [2.75, 3.05) is 19.9 Å². The zero-order valence-electron chi connectivity index (χ0n) is 18.1. The van der Waals surface area contributed by atoms with Gasteiger partial charge in [-0.15, -0.1) is 0 Å². The number of nitrogens with zero attached hydrogens (tertiary/aromatic N) is 1. The van der Waals surface area contributed by atoms with Crippen molar-refractivity contribution in [2.45, 2.75) is 51.2 Å². The third-order valence-electron chi connectivity index (χ3n) is 5.47. The van der Waals surface area contributed by atoms with Gasteiger partial charge in [0.1, 0.15) is 23.8 Å². The predicted octanol–water partition coefficient (Wildman–Crippen LogP) is 5.12. The molecule has 0 bridgehead atoms. The number of benzene rings is 2. The van der Waals surface area contributed by atoms with Gasteiger partial charge in [-0.3, -0.25) is 0 Å². The summed E-state index contributed by atoms with van der Waals surface area (Å²) in [5.74, 6) is 1.95. The molecule has 7 heteroatoms. The fourth-order valence-corrected chi connectivity index (χ4v) is 3.97. The summed E-state index contributed by atoms with van der Waals surface area (Å²) in [7, 11) is 0. The summed E-state index contributed by atoms with van der Waals surface area (Å²) in [4.78, 5) is 14.6. The van der Waals surface area contributed by atoms with E-state index in [1.807, 2.05) is 45.0 Å². The van der Waals surface area contributed by atoms with Crippen molar-refractivity contribution in [3.8, 4) is 17.2 Å². The molecule has 1 fully saturated rings. The van der Waals surface area contributed by atoms with Crippen LogP contribution in [0.15, 0.2) is 42.5 Å². The number of carbonyl (C=O) groups is 1. The molecule has 0 aliphatic carbocycles. The van der Waals surface area contributed by atoms with Gasteiger partial charge in [-0.1, -0.05) is 12.1 Å². The van der Waals surface area contributed by atoms with Crippen LogP contribution in [0.5, 0.6) is 17.2 Å². The normalized spacial score (nSPS) is 20.5. The molecule has 2 aliphatic heterocycles. The zero-order chi connectivity index (χ0) is 22.0. The Morgan fingerprint density at radius 3 is 2.61 bits per heavy atom. The average molecular weight is 429 g/mol. The number of piperidine rings is 1. The second-order valence-corrected chi connectivity index (χ2v) is 8.93. The van der Waals surface area contributed by atoms with E-state index in [4.69, 9.17) is 18.9 Å². The molecule has 1 amide bonds. The lowest BCUT2D eigenvalue weighted by molar-refractivity contribution is 0.00141. The molecule has 2 heterocycles. The standard InChI is InChI=1S/C24H28FNO5/c1-24(2,3)31-23(27)26-11-10-17(16-4-6-18(25)7-5-16)12-19(26)14-28-20-8-9-21-22(13-20)30-15-29-21/h4-9,13,17,19H,10-12,14-15H2,1-3H3. The summed E-state index contributed by atoms with van der Waals surface area (Å²) in [6, 6.07) is 11.8. The first kappa shape index (κ1) is 21.3. The molecule has 1 saturated heterocycles. The molecule has 2 aromatic carbocycles. The minimum Gasteiger partial charge on any atom is -0.491 e. The second-order valence-electron chi connectivity index (χ2n) is 8.93. The lowest BCUT2D eigenvalue weighted by atomic mass is 9.85. The number of amides is 1. The van der Waals surface area contributed by atoms with E-state index in [2.05, 4.69) is 0 Å². The molecule has 2 unspecified atom stereocenters. The van der Waals surface area contributed by atoms with E-state index in [1.54, 1.807) is 11.0 Å². The smallest absolute Gasteiger partial charge is 0.410 e. The van der Waals surface area contributed by atoms with Crippen molar-refractivity contribution >= 4 is 6.09 Å². The number of ether oxygens (including phenoxy) is 4. The van der Waals surface area contributed by atoms with Crippen molar-refractivity contribution in [1.82, 2.24) is 4.90 Å². The summed E-state index contributed by atoms with van der Waals surface area (Å²) in [5, 5.41) is 0. The monoisotopic (exact) mass is 429 g/mol. The largest absolute Gasteiger partial charge is 0.491 e. The summed E-state index contributed by atoms with van der Waals surface area (Å²) < 4.78 is 35.8. The fourth-order valence-electron chi connectivity index (χ4n) is 3.97. The molecule has 6 nitrogen and oxygen atoms in total. The molecular weight excluding hydrogens is 401 g/mol. The van der Waals surface area contributed by atoms with Gasteiger partial charge < -0.3 is 23.8 Å². The van der Waals surface area contributed by atoms with Gasteiger partial charge in [-0.2, -0.15) is 0 Å². The average Bonchev–Trinajstić information content (AvgIpc) is 3.19. The Labute approximate surface area is 181 Å². The Morgan fingerprint density at radius 2 is 1.87 bits per heavy atom. The third kappa shape index (κ3) is 5.21. The highest BCUT2D eigenvalue weighted by Crippen LogP contribution is 2.36. The molecule has 2 aliphatic rings. The maximum Gasteiger partial charge on any atom is 0.410 e. The van der Waals surface area contributed by atoms with Crippen molar-refractivity contribution < 1.29 is 28.1 Å². The highest BCUT2D eigenvalue weighted by Gasteiger charge is 2.35. The van der Waals surface area contributed by atoms with Crippen LogP contribution in [0.3, 0.4) is 0 Å². The van der Waals surface area contributed by atoms with Crippen LogP contribution >= 0.6 is 0 Å². The van der Waals surface area contributed by atoms with Gasteiger partial charge in [0.25, 0.3) is 0 Å². The number of carbonyl (C=O) groups excluding carboxylic acids is 1. The lowest BCUT2D eigenvalue weighted by Gasteiger charge is -2.40. The Bertz CT molecular complexity index is 925. The van der Waals surface area contributed by atoms with Gasteiger partial charge in [0.2, 0.25) is 6.79 Å². The number of halogens is 1. The molecule has 0 radical (unpaired) electrons. The van der Waals surface area contributed by atoms with Gasteiger partial charge in [0, 0.05) is 12.6 Å². The molecule has 4 rings (SSSR count). The van der Waals surface area contributed by atoms with E-state index in [-0.39, 0.29) is 30.7 Å². The first-order valence-electron chi connectivity index (χ1n) is 10.6. The highest BCUT2D eigenvalue weighted by atomic mass is 19.1. The first-order valence-corrected chi connectivity index (χ1v) is 10.6. The van der Waals surface area contributed by atoms with Crippen molar-refractivity contribution in [3.63, 3.8) is 0 Å². The summed E-state index contributed by atoms with van der Waals surface area (Å²) in [5.41, 5.74) is 0.492. The Hall–Kier alpha value is -2.96. The lowest BCUT2D eigenvalue weighted by Crippen LogP contribution is -2.50. The maximum atomic E-state index is 13.4. The molecular formula is C24H28FNO5. The van der Waals surface area contributed by atoms with Crippen molar-refractivity contribution in [3.05, 3.63) is 53.8 Å². The maximum absolute atomic E-state index is 13.4. The summed E-state index contributed by atoms with van der Waals surface area (Å²) in [6.45, 7) is 6.63. The first-order chi connectivity index (χ1) is 14.8. The SMILES string of the molecule is CC(C)(C)OC(=O)N1CCC(c2ccc(F)cc2)CC1COc1ccc2c(c1)OCO2. The van der Waals surface area contributed by atoms with Crippen LogP contribution in [0.2, 0.25) is 0 Å². The molecule has 31 heavy (non-hydrogen) atoms. The third-order valence-corrected chi connectivity index (χ3v) is 5.47. The van der Waals surface area contributed by atoms with E-state index in [0.717, 1.165) is 12.0 Å². The number of hydrogen-bond donors (Lipinski definition) is 0. The topological polar surface area (TPSA) is 57.2 Å². The molecule has 0 N–H and O–H groups in total.